The van der Waals surface area contributed by atoms with Gasteiger partial charge in [-0.25, -0.2) is 14.4 Å². The Labute approximate surface area is 238 Å². The van der Waals surface area contributed by atoms with Crippen LogP contribution in [0, 0.1) is 5.82 Å². The maximum absolute atomic E-state index is 14.3. The van der Waals surface area contributed by atoms with E-state index in [1.165, 1.54) is 19.2 Å². The van der Waals surface area contributed by atoms with Gasteiger partial charge in [0.15, 0.2) is 5.65 Å². The number of aromatic amines is 2. The SMILES string of the molecule is COc1cc(F)cc(-c2ccnc3[nH]c(-c4n[nH]c5ncc(-c6cncc(NC(=O)c7ccccc7)c6)cc45)cc23)c1. The van der Waals surface area contributed by atoms with Crippen molar-refractivity contribution >= 4 is 33.7 Å². The molecule has 204 valence electrons. The zero-order valence-corrected chi connectivity index (χ0v) is 22.2. The van der Waals surface area contributed by atoms with Gasteiger partial charge in [0.25, 0.3) is 5.91 Å². The predicted molar refractivity (Wildman–Crippen MR) is 159 cm³/mol. The Kier molecular flexibility index (Phi) is 6.12. The molecule has 0 bridgehead atoms. The van der Waals surface area contributed by atoms with E-state index in [9.17, 15) is 9.18 Å². The molecular weight excluding hydrogens is 533 g/mol. The van der Waals surface area contributed by atoms with Crippen LogP contribution in [0.4, 0.5) is 10.1 Å². The summed E-state index contributed by atoms with van der Waals surface area (Å²) < 4.78 is 19.6. The van der Waals surface area contributed by atoms with Crippen LogP contribution in [-0.2, 0) is 0 Å². The monoisotopic (exact) mass is 555 g/mol. The quantitative estimate of drug-likeness (QED) is 0.212. The topological polar surface area (TPSA) is 121 Å². The third-order valence-corrected chi connectivity index (χ3v) is 6.99. The molecule has 0 aliphatic rings. The Hall–Kier alpha value is -5.90. The normalized spacial score (nSPS) is 11.2. The molecule has 3 N–H and O–H groups in total. The highest BCUT2D eigenvalue weighted by atomic mass is 19.1. The summed E-state index contributed by atoms with van der Waals surface area (Å²) in [6, 6.07) is 21.2. The van der Waals surface area contributed by atoms with Crippen molar-refractivity contribution in [3.63, 3.8) is 0 Å². The minimum Gasteiger partial charge on any atom is -0.497 e. The van der Waals surface area contributed by atoms with Crippen LogP contribution in [0.2, 0.25) is 0 Å². The molecule has 2 aromatic carbocycles. The average Bonchev–Trinajstić information content (AvgIpc) is 3.65. The number of ether oxygens (including phenoxy) is 1. The second-order valence-electron chi connectivity index (χ2n) is 9.66. The third kappa shape index (κ3) is 4.60. The van der Waals surface area contributed by atoms with Crippen molar-refractivity contribution in [2.45, 2.75) is 0 Å². The van der Waals surface area contributed by atoms with Crippen LogP contribution in [0.25, 0.3) is 55.7 Å². The number of hydrogen-bond donors (Lipinski definition) is 3. The number of nitrogens with one attached hydrogen (secondary N) is 3. The van der Waals surface area contributed by atoms with Gasteiger partial charge in [-0.05, 0) is 59.7 Å². The summed E-state index contributed by atoms with van der Waals surface area (Å²) in [4.78, 5) is 29.4. The smallest absolute Gasteiger partial charge is 0.255 e. The summed E-state index contributed by atoms with van der Waals surface area (Å²) in [5.74, 6) is -0.176. The highest BCUT2D eigenvalue weighted by Crippen LogP contribution is 2.35. The molecule has 9 nitrogen and oxygen atoms in total. The number of anilines is 1. The first kappa shape index (κ1) is 25.1. The molecule has 0 fully saturated rings. The largest absolute Gasteiger partial charge is 0.497 e. The fourth-order valence-corrected chi connectivity index (χ4v) is 4.97. The van der Waals surface area contributed by atoms with E-state index in [0.717, 1.165) is 33.2 Å². The summed E-state index contributed by atoms with van der Waals surface area (Å²) in [5, 5.41) is 12.0. The van der Waals surface area contributed by atoms with Crippen LogP contribution in [0.1, 0.15) is 10.4 Å². The van der Waals surface area contributed by atoms with E-state index in [1.807, 2.05) is 42.5 Å². The number of benzene rings is 2. The molecule has 10 heteroatoms. The number of nitrogens with zero attached hydrogens (tertiary/aromatic N) is 4. The Bertz CT molecular complexity index is 2100. The maximum Gasteiger partial charge on any atom is 0.255 e. The number of halogens is 1. The van der Waals surface area contributed by atoms with Crippen LogP contribution in [0.15, 0.2) is 97.6 Å². The van der Waals surface area contributed by atoms with Crippen molar-refractivity contribution in [1.29, 1.82) is 0 Å². The van der Waals surface area contributed by atoms with Gasteiger partial charge in [0.1, 0.15) is 22.9 Å². The molecule has 0 spiro atoms. The molecule has 0 aliphatic heterocycles. The Balaban J connectivity index is 1.25. The number of hydrogen-bond acceptors (Lipinski definition) is 6. The summed E-state index contributed by atoms with van der Waals surface area (Å²) in [7, 11) is 1.51. The van der Waals surface area contributed by atoms with Crippen molar-refractivity contribution < 1.29 is 13.9 Å². The zero-order chi connectivity index (χ0) is 28.6. The molecular formula is C32H22FN7O2. The molecule has 7 rings (SSSR count). The molecule has 0 atom stereocenters. The molecule has 0 saturated carbocycles. The Morgan fingerprint density at radius 1 is 0.857 bits per heavy atom. The van der Waals surface area contributed by atoms with E-state index < -0.39 is 0 Å². The van der Waals surface area contributed by atoms with E-state index in [0.29, 0.717) is 39.6 Å². The highest BCUT2D eigenvalue weighted by Gasteiger charge is 2.17. The van der Waals surface area contributed by atoms with Gasteiger partial charge in [-0.2, -0.15) is 5.10 Å². The van der Waals surface area contributed by atoms with Crippen molar-refractivity contribution in [2.24, 2.45) is 0 Å². The number of amides is 1. The lowest BCUT2D eigenvalue weighted by Crippen LogP contribution is -2.11. The summed E-state index contributed by atoms with van der Waals surface area (Å²) in [6.45, 7) is 0. The number of fused-ring (bicyclic) bond motifs is 2. The molecule has 42 heavy (non-hydrogen) atoms. The maximum atomic E-state index is 14.3. The lowest BCUT2D eigenvalue weighted by Gasteiger charge is -2.07. The van der Waals surface area contributed by atoms with Gasteiger partial charge in [0.05, 0.1) is 24.7 Å². The Morgan fingerprint density at radius 2 is 1.71 bits per heavy atom. The predicted octanol–water partition coefficient (Wildman–Crippen LogP) is 6.63. The van der Waals surface area contributed by atoms with Crippen molar-refractivity contribution in [1.82, 2.24) is 30.1 Å². The average molecular weight is 556 g/mol. The first-order valence-corrected chi connectivity index (χ1v) is 13.0. The van der Waals surface area contributed by atoms with Gasteiger partial charge in [-0.1, -0.05) is 18.2 Å². The number of H-pyrrole nitrogens is 2. The lowest BCUT2D eigenvalue weighted by atomic mass is 10.0. The van der Waals surface area contributed by atoms with Gasteiger partial charge in [0, 0.05) is 52.1 Å². The molecule has 5 heterocycles. The highest BCUT2D eigenvalue weighted by molar-refractivity contribution is 6.04. The molecule has 0 saturated heterocycles. The van der Waals surface area contributed by atoms with Gasteiger partial charge in [0.2, 0.25) is 0 Å². The number of rotatable bonds is 6. The minimum absolute atomic E-state index is 0.219. The number of carbonyl (C=O) groups is 1. The van der Waals surface area contributed by atoms with Crippen LogP contribution in [-0.4, -0.2) is 43.2 Å². The zero-order valence-electron chi connectivity index (χ0n) is 22.2. The number of carbonyl (C=O) groups excluding carboxylic acids is 1. The first-order valence-electron chi connectivity index (χ1n) is 13.0. The first-order chi connectivity index (χ1) is 20.6. The van der Waals surface area contributed by atoms with Crippen LogP contribution < -0.4 is 10.1 Å². The molecule has 0 radical (unpaired) electrons. The Morgan fingerprint density at radius 3 is 2.57 bits per heavy atom. The van der Waals surface area contributed by atoms with Crippen LogP contribution in [0.3, 0.4) is 0 Å². The van der Waals surface area contributed by atoms with E-state index in [-0.39, 0.29) is 11.7 Å². The van der Waals surface area contributed by atoms with Crippen molar-refractivity contribution in [2.75, 3.05) is 12.4 Å². The van der Waals surface area contributed by atoms with Gasteiger partial charge >= 0.3 is 0 Å². The fraction of sp³-hybridized carbons (Fsp3) is 0.0312. The van der Waals surface area contributed by atoms with Crippen LogP contribution >= 0.6 is 0 Å². The van der Waals surface area contributed by atoms with E-state index in [2.05, 4.69) is 35.5 Å². The van der Waals surface area contributed by atoms with Gasteiger partial charge in [-0.3, -0.25) is 14.9 Å². The van der Waals surface area contributed by atoms with Gasteiger partial charge in [-0.15, -0.1) is 0 Å². The summed E-state index contributed by atoms with van der Waals surface area (Å²) in [5.41, 5.74) is 6.81. The van der Waals surface area contributed by atoms with E-state index in [1.54, 1.807) is 43.0 Å². The molecule has 0 unspecified atom stereocenters. The third-order valence-electron chi connectivity index (χ3n) is 6.99. The number of aromatic nitrogens is 6. The van der Waals surface area contributed by atoms with Crippen molar-refractivity contribution in [3.05, 3.63) is 109 Å². The second-order valence-corrected chi connectivity index (χ2v) is 9.66. The fourth-order valence-electron chi connectivity index (χ4n) is 4.97. The van der Waals surface area contributed by atoms with E-state index in [4.69, 9.17) is 4.74 Å². The molecule has 5 aromatic heterocycles. The summed E-state index contributed by atoms with van der Waals surface area (Å²) >= 11 is 0. The van der Waals surface area contributed by atoms with E-state index >= 15 is 0 Å². The molecule has 7 aromatic rings. The lowest BCUT2D eigenvalue weighted by molar-refractivity contribution is 0.102. The standard InChI is InChI=1S/C32H22FN7O2/c1-42-24-11-19(9-22(33)13-24)25-7-8-35-30-26(25)14-28(38-30)29-27-12-21(16-36-31(27)40-39-29)20-10-23(17-34-15-20)37-32(41)18-5-3-2-4-6-18/h2-17H,1H3,(H,35,38)(H,37,41)(H,36,39,40). The number of pyridine rings is 3. The van der Waals surface area contributed by atoms with Crippen LogP contribution in [0.5, 0.6) is 5.75 Å². The minimum atomic E-state index is -0.389. The molecule has 1 amide bonds. The molecule has 0 aliphatic carbocycles. The summed E-state index contributed by atoms with van der Waals surface area (Å²) in [6.07, 6.45) is 6.72. The van der Waals surface area contributed by atoms with Crippen molar-refractivity contribution in [3.8, 4) is 39.4 Å². The van der Waals surface area contributed by atoms with Gasteiger partial charge < -0.3 is 15.0 Å². The number of methoxy groups -OCH3 is 1. The second kappa shape index (κ2) is 10.3.